The first kappa shape index (κ1) is 37.9. The summed E-state index contributed by atoms with van der Waals surface area (Å²) < 4.78 is 32.6. The maximum Gasteiger partial charge on any atom is 0.394 e. The van der Waals surface area contributed by atoms with Crippen molar-refractivity contribution in [3.63, 3.8) is 0 Å². The third kappa shape index (κ3) is 31.7. The van der Waals surface area contributed by atoms with E-state index >= 15 is 0 Å². The van der Waals surface area contributed by atoms with Gasteiger partial charge in [-0.1, -0.05) is 84.0 Å². The Morgan fingerprint density at radius 1 is 0.583 bits per heavy atom. The van der Waals surface area contributed by atoms with Gasteiger partial charge in [-0.05, 0) is 32.6 Å². The van der Waals surface area contributed by atoms with Gasteiger partial charge >= 0.3 is 10.4 Å². The molecule has 0 rings (SSSR count). The molecule has 9 heteroatoms. The highest BCUT2D eigenvalue weighted by Gasteiger charge is 2.25. The maximum absolute atomic E-state index is 9.62. The van der Waals surface area contributed by atoms with Gasteiger partial charge in [-0.25, -0.2) is 0 Å². The molecule has 0 aliphatic rings. The normalized spacial score (nSPS) is 12.9. The monoisotopic (exact) mass is 542 g/mol. The quantitative estimate of drug-likeness (QED) is 0.0579. The summed E-state index contributed by atoms with van der Waals surface area (Å²) in [6.07, 6.45) is 22.6. The molecular formula is C27H60NO7S+. The molecule has 0 aromatic heterocycles. The number of hydrogen-bond donors (Lipinski definition) is 5. The Kier molecular flexibility index (Phi) is 27.7. The standard InChI is InChI=1S/C27H58NO3.H2O4S/c1-3-4-5-6-7-8-9-10-11-12-13-14-15-16-21-28(23-18-25-29,24-19-26-30)22-17-20-27(2)31;1-5(2,3)4/h27,29-31H,3-26H2,1-2H3;(H2,1,2,3,4)/q+1;. The second kappa shape index (κ2) is 26.3. The Labute approximate surface area is 222 Å². The Morgan fingerprint density at radius 3 is 1.22 bits per heavy atom. The molecule has 0 radical (unpaired) electrons. The topological polar surface area (TPSA) is 135 Å². The third-order valence-electron chi connectivity index (χ3n) is 6.82. The number of unbranched alkanes of at least 4 members (excludes halogenated alkanes) is 13. The summed E-state index contributed by atoms with van der Waals surface area (Å²) in [5.74, 6) is 0. The summed E-state index contributed by atoms with van der Waals surface area (Å²) in [4.78, 5) is 0. The van der Waals surface area contributed by atoms with E-state index in [1.54, 1.807) is 0 Å². The molecule has 0 aliphatic carbocycles. The molecule has 36 heavy (non-hydrogen) atoms. The molecule has 0 aromatic carbocycles. The Balaban J connectivity index is 0. The zero-order valence-corrected chi connectivity index (χ0v) is 24.3. The largest absolute Gasteiger partial charge is 0.396 e. The van der Waals surface area contributed by atoms with Crippen molar-refractivity contribution in [1.29, 1.82) is 0 Å². The van der Waals surface area contributed by atoms with Crippen LogP contribution in [-0.2, 0) is 10.4 Å². The van der Waals surface area contributed by atoms with E-state index in [2.05, 4.69) is 6.92 Å². The van der Waals surface area contributed by atoms with Gasteiger partial charge in [0.25, 0.3) is 0 Å². The SMILES string of the molecule is CCCCCCCCCCCCCCCC[N+](CCCO)(CCCO)CCCC(C)O.O=S(=O)(O)O. The lowest BCUT2D eigenvalue weighted by atomic mass is 10.0. The molecule has 0 saturated heterocycles. The fourth-order valence-corrected chi connectivity index (χ4v) is 4.85. The van der Waals surface area contributed by atoms with Crippen molar-refractivity contribution in [1.82, 2.24) is 0 Å². The van der Waals surface area contributed by atoms with Crippen LogP contribution in [0, 0.1) is 0 Å². The van der Waals surface area contributed by atoms with E-state index in [0.29, 0.717) is 0 Å². The van der Waals surface area contributed by atoms with E-state index in [-0.39, 0.29) is 19.3 Å². The molecule has 0 aliphatic heterocycles. The molecule has 0 spiro atoms. The summed E-state index contributed by atoms with van der Waals surface area (Å²) in [5.41, 5.74) is 0. The van der Waals surface area contributed by atoms with Crippen LogP contribution >= 0.6 is 0 Å². The van der Waals surface area contributed by atoms with Crippen molar-refractivity contribution >= 4 is 10.4 Å². The van der Waals surface area contributed by atoms with Crippen LogP contribution in [0.5, 0.6) is 0 Å². The number of aliphatic hydroxyl groups excluding tert-OH is 3. The predicted octanol–water partition coefficient (Wildman–Crippen LogP) is 5.56. The molecule has 1 unspecified atom stereocenters. The number of rotatable bonds is 25. The van der Waals surface area contributed by atoms with E-state index in [1.165, 1.54) is 89.9 Å². The number of hydrogen-bond acceptors (Lipinski definition) is 5. The van der Waals surface area contributed by atoms with Crippen molar-refractivity contribution in [3.8, 4) is 0 Å². The second-order valence-corrected chi connectivity index (χ2v) is 11.3. The minimum atomic E-state index is -4.67. The lowest BCUT2D eigenvalue weighted by molar-refractivity contribution is -0.929. The molecule has 8 nitrogen and oxygen atoms in total. The average Bonchev–Trinajstić information content (AvgIpc) is 2.80. The fourth-order valence-electron chi connectivity index (χ4n) is 4.85. The van der Waals surface area contributed by atoms with E-state index in [9.17, 15) is 15.3 Å². The van der Waals surface area contributed by atoms with E-state index in [1.807, 2.05) is 6.92 Å². The van der Waals surface area contributed by atoms with Crippen molar-refractivity contribution in [2.24, 2.45) is 0 Å². The molecule has 0 heterocycles. The van der Waals surface area contributed by atoms with Gasteiger partial charge in [0.05, 0.1) is 32.3 Å². The third-order valence-corrected chi connectivity index (χ3v) is 6.82. The van der Waals surface area contributed by atoms with Gasteiger partial charge in [0.2, 0.25) is 0 Å². The minimum absolute atomic E-state index is 0.237. The molecular weight excluding hydrogens is 482 g/mol. The molecule has 220 valence electrons. The van der Waals surface area contributed by atoms with Crippen LogP contribution in [-0.4, -0.2) is 82.8 Å². The van der Waals surface area contributed by atoms with E-state index in [0.717, 1.165) is 56.3 Å². The predicted molar refractivity (Wildman–Crippen MR) is 149 cm³/mol. The van der Waals surface area contributed by atoms with Crippen LogP contribution in [0.1, 0.15) is 129 Å². The zero-order valence-electron chi connectivity index (χ0n) is 23.5. The van der Waals surface area contributed by atoms with Crippen molar-refractivity contribution in [2.45, 2.75) is 136 Å². The van der Waals surface area contributed by atoms with Crippen LogP contribution in [0.25, 0.3) is 0 Å². The summed E-state index contributed by atoms with van der Waals surface area (Å²) in [6, 6.07) is 0. The van der Waals surface area contributed by atoms with Crippen LogP contribution in [0.3, 0.4) is 0 Å². The first-order valence-electron chi connectivity index (χ1n) is 14.5. The Bertz CT molecular complexity index is 528. The first-order valence-corrected chi connectivity index (χ1v) is 15.9. The molecule has 0 amide bonds. The van der Waals surface area contributed by atoms with Gasteiger partial charge in [0.15, 0.2) is 0 Å². The molecule has 1 atom stereocenters. The summed E-state index contributed by atoms with van der Waals surface area (Å²) in [6.45, 7) is 8.83. The lowest BCUT2D eigenvalue weighted by Gasteiger charge is -2.39. The van der Waals surface area contributed by atoms with Crippen LogP contribution in [0.15, 0.2) is 0 Å². The summed E-state index contributed by atoms with van der Waals surface area (Å²) >= 11 is 0. The highest BCUT2D eigenvalue weighted by Crippen LogP contribution is 2.18. The molecule has 0 aromatic rings. The van der Waals surface area contributed by atoms with E-state index in [4.69, 9.17) is 17.5 Å². The molecule has 5 N–H and O–H groups in total. The average molecular weight is 543 g/mol. The van der Waals surface area contributed by atoms with Crippen molar-refractivity contribution in [2.75, 3.05) is 39.4 Å². The van der Waals surface area contributed by atoms with Crippen LogP contribution in [0.4, 0.5) is 0 Å². The van der Waals surface area contributed by atoms with Crippen LogP contribution < -0.4 is 0 Å². The van der Waals surface area contributed by atoms with Crippen LogP contribution in [0.2, 0.25) is 0 Å². The Hall–Kier alpha value is -0.290. The lowest BCUT2D eigenvalue weighted by Crippen LogP contribution is -2.51. The maximum atomic E-state index is 9.62. The van der Waals surface area contributed by atoms with Gasteiger partial charge in [-0.3, -0.25) is 9.11 Å². The fraction of sp³-hybridized carbons (Fsp3) is 1.00. The smallest absolute Gasteiger partial charge is 0.394 e. The van der Waals surface area contributed by atoms with Crippen molar-refractivity contribution in [3.05, 3.63) is 0 Å². The van der Waals surface area contributed by atoms with Gasteiger partial charge in [0, 0.05) is 26.1 Å². The second-order valence-electron chi connectivity index (χ2n) is 10.4. The van der Waals surface area contributed by atoms with Gasteiger partial charge in [-0.2, -0.15) is 8.42 Å². The van der Waals surface area contributed by atoms with Gasteiger partial charge in [-0.15, -0.1) is 0 Å². The molecule has 0 fully saturated rings. The summed E-state index contributed by atoms with van der Waals surface area (Å²) in [5, 5.41) is 28.4. The number of nitrogens with zero attached hydrogens (tertiary/aromatic N) is 1. The zero-order chi connectivity index (χ0) is 27.5. The van der Waals surface area contributed by atoms with E-state index < -0.39 is 10.4 Å². The first-order chi connectivity index (χ1) is 17.1. The van der Waals surface area contributed by atoms with Crippen molar-refractivity contribution < 1.29 is 37.3 Å². The molecule has 0 saturated carbocycles. The highest BCUT2D eigenvalue weighted by molar-refractivity contribution is 7.79. The number of aliphatic hydroxyl groups is 3. The highest BCUT2D eigenvalue weighted by atomic mass is 32.3. The summed E-state index contributed by atoms with van der Waals surface area (Å²) in [7, 11) is -4.67. The van der Waals surface area contributed by atoms with Gasteiger partial charge in [0.1, 0.15) is 0 Å². The Morgan fingerprint density at radius 2 is 0.889 bits per heavy atom. The molecule has 0 bridgehead atoms. The van der Waals surface area contributed by atoms with Gasteiger partial charge < -0.3 is 19.8 Å². The number of quaternary nitrogens is 1. The minimum Gasteiger partial charge on any atom is -0.396 e.